The summed E-state index contributed by atoms with van der Waals surface area (Å²) in [4.78, 5) is 48.9. The monoisotopic (exact) mass is 448 g/mol. The fourth-order valence-corrected chi connectivity index (χ4v) is 2.70. The van der Waals surface area contributed by atoms with Gasteiger partial charge in [-0.05, 0) is 31.9 Å². The highest BCUT2D eigenvalue weighted by Crippen LogP contribution is 2.11. The molecule has 9 nitrogen and oxygen atoms in total. The summed E-state index contributed by atoms with van der Waals surface area (Å²) in [5.41, 5.74) is 0.985. The zero-order valence-corrected chi connectivity index (χ0v) is 18.7. The van der Waals surface area contributed by atoms with Crippen LogP contribution in [0.2, 0.25) is 0 Å². The number of hydrogen-bond acceptors (Lipinski definition) is 7. The highest BCUT2D eigenvalue weighted by Gasteiger charge is 2.27. The quantitative estimate of drug-likeness (QED) is 0.170. The van der Waals surface area contributed by atoms with Gasteiger partial charge >= 0.3 is 5.97 Å². The molecule has 0 unspecified atom stereocenters. The van der Waals surface area contributed by atoms with Gasteiger partial charge in [-0.25, -0.2) is 0 Å². The van der Waals surface area contributed by atoms with E-state index in [1.165, 1.54) is 6.08 Å². The van der Waals surface area contributed by atoms with Crippen LogP contribution >= 0.6 is 0 Å². The van der Waals surface area contributed by atoms with Gasteiger partial charge < -0.3 is 24.8 Å². The normalized spacial score (nSPS) is 11.3. The number of amides is 2. The van der Waals surface area contributed by atoms with E-state index >= 15 is 0 Å². The third kappa shape index (κ3) is 9.84. The van der Waals surface area contributed by atoms with Crippen LogP contribution in [0.15, 0.2) is 36.9 Å². The summed E-state index contributed by atoms with van der Waals surface area (Å²) in [6.45, 7) is 8.97. The van der Waals surface area contributed by atoms with Crippen LogP contribution < -0.4 is 10.6 Å². The molecule has 0 saturated heterocycles. The minimum absolute atomic E-state index is 0.0416. The van der Waals surface area contributed by atoms with Crippen LogP contribution in [0, 0.1) is 0 Å². The van der Waals surface area contributed by atoms with Crippen LogP contribution in [0.1, 0.15) is 42.6 Å². The molecule has 0 aromatic heterocycles. The van der Waals surface area contributed by atoms with Crippen molar-refractivity contribution in [1.82, 2.24) is 10.6 Å². The Hall–Kier alpha value is -3.04. The van der Waals surface area contributed by atoms with E-state index in [0.717, 1.165) is 0 Å². The zero-order valence-electron chi connectivity index (χ0n) is 18.7. The molecule has 0 aliphatic carbocycles. The van der Waals surface area contributed by atoms with Crippen LogP contribution in [-0.2, 0) is 35.2 Å². The number of nitrogens with one attached hydrogen (secondary N) is 2. The second kappa shape index (κ2) is 15.7. The van der Waals surface area contributed by atoms with E-state index in [1.807, 2.05) is 6.92 Å². The summed E-state index contributed by atoms with van der Waals surface area (Å²) in [7, 11) is 0. The Kier molecular flexibility index (Phi) is 13.3. The smallest absolute Gasteiger partial charge is 0.307 e. The molecule has 0 spiro atoms. The number of benzene rings is 1. The standard InChI is InChI=1S/C23H32N2O7/c1-4-9-19(21(27)23(29)24-13-12-20(26)32-6-3)25-22(28)18-11-8-7-10-17(18)16-31-15-14-30-5-2/h4,7-8,10-11,19H,1,5-6,9,12-16H2,2-3H3,(H,24,29)(H,25,28)/t19-/m0/s1. The van der Waals surface area contributed by atoms with Crippen LogP contribution in [0.25, 0.3) is 0 Å². The van der Waals surface area contributed by atoms with E-state index in [4.69, 9.17) is 14.2 Å². The van der Waals surface area contributed by atoms with Gasteiger partial charge in [-0.15, -0.1) is 6.58 Å². The van der Waals surface area contributed by atoms with Gasteiger partial charge in [0.2, 0.25) is 5.78 Å². The largest absolute Gasteiger partial charge is 0.466 e. The molecule has 0 aliphatic heterocycles. The van der Waals surface area contributed by atoms with E-state index in [9.17, 15) is 19.2 Å². The number of esters is 1. The summed E-state index contributed by atoms with van der Waals surface area (Å²) in [5.74, 6) is -2.70. The van der Waals surface area contributed by atoms with E-state index in [1.54, 1.807) is 31.2 Å². The Bertz CT molecular complexity index is 779. The molecule has 176 valence electrons. The molecular formula is C23H32N2O7. The van der Waals surface area contributed by atoms with Gasteiger partial charge in [-0.2, -0.15) is 0 Å². The molecule has 32 heavy (non-hydrogen) atoms. The summed E-state index contributed by atoms with van der Waals surface area (Å²) in [6.07, 6.45) is 1.46. The molecule has 0 bridgehead atoms. The molecule has 0 radical (unpaired) electrons. The molecule has 2 N–H and O–H groups in total. The van der Waals surface area contributed by atoms with Crippen molar-refractivity contribution in [3.05, 3.63) is 48.0 Å². The first-order valence-electron chi connectivity index (χ1n) is 10.6. The summed E-state index contributed by atoms with van der Waals surface area (Å²) in [5, 5.41) is 4.97. The third-order valence-corrected chi connectivity index (χ3v) is 4.26. The Balaban J connectivity index is 2.72. The Morgan fingerprint density at radius 3 is 2.47 bits per heavy atom. The maximum atomic E-state index is 12.8. The Morgan fingerprint density at radius 2 is 1.78 bits per heavy atom. The third-order valence-electron chi connectivity index (χ3n) is 4.26. The van der Waals surface area contributed by atoms with Gasteiger partial charge in [0.1, 0.15) is 6.04 Å². The fourth-order valence-electron chi connectivity index (χ4n) is 2.70. The van der Waals surface area contributed by atoms with E-state index in [0.29, 0.717) is 30.9 Å². The number of ketones is 1. The minimum Gasteiger partial charge on any atom is -0.466 e. The van der Waals surface area contributed by atoms with Crippen molar-refractivity contribution in [2.75, 3.05) is 33.0 Å². The maximum Gasteiger partial charge on any atom is 0.307 e. The lowest BCUT2D eigenvalue weighted by atomic mass is 10.0. The van der Waals surface area contributed by atoms with Crippen LogP contribution in [-0.4, -0.2) is 62.6 Å². The van der Waals surface area contributed by atoms with Gasteiger partial charge in [0, 0.05) is 18.7 Å². The Morgan fingerprint density at radius 1 is 1.06 bits per heavy atom. The SMILES string of the molecule is C=CC[C@H](NC(=O)c1ccccc1COCCOCC)C(=O)C(=O)NCCC(=O)OCC. The molecule has 0 fully saturated rings. The fraction of sp³-hybridized carbons (Fsp3) is 0.478. The van der Waals surface area contributed by atoms with Crippen molar-refractivity contribution in [2.24, 2.45) is 0 Å². The average molecular weight is 449 g/mol. The first-order chi connectivity index (χ1) is 15.4. The van der Waals surface area contributed by atoms with Crippen molar-refractivity contribution in [3.63, 3.8) is 0 Å². The van der Waals surface area contributed by atoms with Gasteiger partial charge in [-0.1, -0.05) is 24.3 Å². The molecule has 1 rings (SSSR count). The predicted molar refractivity (Wildman–Crippen MR) is 118 cm³/mol. The van der Waals surface area contributed by atoms with Crippen molar-refractivity contribution in [2.45, 2.75) is 39.3 Å². The van der Waals surface area contributed by atoms with Crippen LogP contribution in [0.5, 0.6) is 0 Å². The summed E-state index contributed by atoms with van der Waals surface area (Å²) < 4.78 is 15.5. The molecule has 2 amide bonds. The number of ether oxygens (including phenoxy) is 3. The van der Waals surface area contributed by atoms with E-state index < -0.39 is 29.6 Å². The molecule has 0 saturated carbocycles. The highest BCUT2D eigenvalue weighted by molar-refractivity contribution is 6.38. The molecule has 1 aromatic rings. The summed E-state index contributed by atoms with van der Waals surface area (Å²) >= 11 is 0. The van der Waals surface area contributed by atoms with Crippen molar-refractivity contribution < 1.29 is 33.4 Å². The van der Waals surface area contributed by atoms with Crippen molar-refractivity contribution in [1.29, 1.82) is 0 Å². The molecule has 1 atom stereocenters. The number of hydrogen-bond donors (Lipinski definition) is 2. The van der Waals surface area contributed by atoms with E-state index in [-0.39, 0.29) is 32.6 Å². The van der Waals surface area contributed by atoms with Crippen molar-refractivity contribution >= 4 is 23.6 Å². The summed E-state index contributed by atoms with van der Waals surface area (Å²) in [6, 6.07) is 5.76. The Labute approximate surface area is 188 Å². The lowest BCUT2D eigenvalue weighted by molar-refractivity contribution is -0.143. The van der Waals surface area contributed by atoms with Crippen LogP contribution in [0.3, 0.4) is 0 Å². The first kappa shape index (κ1) is 27.0. The van der Waals surface area contributed by atoms with Crippen molar-refractivity contribution in [3.8, 4) is 0 Å². The number of rotatable bonds is 16. The zero-order chi connectivity index (χ0) is 23.8. The van der Waals surface area contributed by atoms with Gasteiger partial charge in [0.05, 0.1) is 32.8 Å². The average Bonchev–Trinajstić information content (AvgIpc) is 2.78. The molecule has 0 heterocycles. The van der Waals surface area contributed by atoms with Gasteiger partial charge in [-0.3, -0.25) is 19.2 Å². The number of carbonyl (C=O) groups excluding carboxylic acids is 4. The van der Waals surface area contributed by atoms with Gasteiger partial charge in [0.15, 0.2) is 0 Å². The molecular weight excluding hydrogens is 416 g/mol. The maximum absolute atomic E-state index is 12.8. The van der Waals surface area contributed by atoms with Crippen LogP contribution in [0.4, 0.5) is 0 Å². The molecule has 9 heteroatoms. The predicted octanol–water partition coefficient (Wildman–Crippen LogP) is 1.55. The number of carbonyl (C=O) groups is 4. The first-order valence-corrected chi connectivity index (χ1v) is 10.6. The molecule has 1 aromatic carbocycles. The topological polar surface area (TPSA) is 120 Å². The van der Waals surface area contributed by atoms with E-state index in [2.05, 4.69) is 17.2 Å². The highest BCUT2D eigenvalue weighted by atomic mass is 16.5. The second-order valence-corrected chi connectivity index (χ2v) is 6.63. The van der Waals surface area contributed by atoms with Gasteiger partial charge in [0.25, 0.3) is 11.8 Å². The second-order valence-electron chi connectivity index (χ2n) is 6.63. The number of Topliss-reactive ketones (excluding diaryl/α,β-unsaturated/α-hetero) is 1. The lowest BCUT2D eigenvalue weighted by Gasteiger charge is -2.17. The lowest BCUT2D eigenvalue weighted by Crippen LogP contribution is -2.47. The molecule has 0 aliphatic rings. The minimum atomic E-state index is -1.09.